The van der Waals surface area contributed by atoms with E-state index in [1.54, 1.807) is 35.4 Å². The first kappa shape index (κ1) is 18.0. The smallest absolute Gasteiger partial charge is 0.295 e. The van der Waals surface area contributed by atoms with Crippen molar-refractivity contribution in [2.24, 2.45) is 0 Å². The Balaban J connectivity index is 1.37. The average molecular weight is 375 g/mol. The second-order valence-electron chi connectivity index (χ2n) is 6.76. The Kier molecular flexibility index (Phi) is 4.93. The lowest BCUT2D eigenvalue weighted by molar-refractivity contribution is -0.126. The second-order valence-corrected chi connectivity index (χ2v) is 6.76. The number of hydrogen-bond donors (Lipinski definition) is 0. The van der Waals surface area contributed by atoms with E-state index in [1.165, 1.54) is 0 Å². The van der Waals surface area contributed by atoms with Crippen molar-refractivity contribution in [1.29, 1.82) is 0 Å². The average Bonchev–Trinajstić information content (AvgIpc) is 3.20. The van der Waals surface area contributed by atoms with Gasteiger partial charge in [0.25, 0.3) is 5.91 Å². The molecule has 6 heteroatoms. The molecule has 0 atom stereocenters. The number of Topliss-reactive ketones (excluding diaryl/α,β-unsaturated/α-hetero) is 1. The van der Waals surface area contributed by atoms with E-state index in [1.807, 2.05) is 37.3 Å². The van der Waals surface area contributed by atoms with Gasteiger partial charge >= 0.3 is 0 Å². The number of aromatic nitrogens is 1. The molecule has 0 saturated carbocycles. The summed E-state index contributed by atoms with van der Waals surface area (Å²) >= 11 is 0. The summed E-state index contributed by atoms with van der Waals surface area (Å²) in [6.07, 6.45) is 1.72. The monoisotopic (exact) mass is 375 g/mol. The molecule has 1 aliphatic heterocycles. The van der Waals surface area contributed by atoms with E-state index in [4.69, 9.17) is 4.42 Å². The molecule has 0 bridgehead atoms. The van der Waals surface area contributed by atoms with E-state index in [0.717, 1.165) is 17.0 Å². The third-order valence-corrected chi connectivity index (χ3v) is 4.94. The van der Waals surface area contributed by atoms with Crippen molar-refractivity contribution < 1.29 is 14.0 Å². The molecule has 0 spiro atoms. The number of aryl methyl sites for hydroxylation is 1. The summed E-state index contributed by atoms with van der Waals surface area (Å²) in [5, 5.41) is 0. The fourth-order valence-electron chi connectivity index (χ4n) is 3.36. The number of hydrogen-bond acceptors (Lipinski definition) is 5. The zero-order chi connectivity index (χ0) is 19.5. The van der Waals surface area contributed by atoms with Gasteiger partial charge in [0, 0.05) is 49.9 Å². The number of anilines is 1. The molecule has 0 N–H and O–H groups in total. The minimum Gasteiger partial charge on any atom is -0.441 e. The number of piperazine rings is 1. The number of oxazole rings is 1. The van der Waals surface area contributed by atoms with E-state index in [0.29, 0.717) is 37.6 Å². The van der Waals surface area contributed by atoms with Crippen LogP contribution in [0.1, 0.15) is 16.2 Å². The van der Waals surface area contributed by atoms with E-state index < -0.39 is 11.7 Å². The second kappa shape index (κ2) is 7.68. The highest BCUT2D eigenvalue weighted by molar-refractivity contribution is 6.42. The van der Waals surface area contributed by atoms with Crippen LogP contribution in [0, 0.1) is 6.92 Å². The number of rotatable bonds is 4. The molecule has 142 valence electrons. The number of carbonyl (C=O) groups is 2. The van der Waals surface area contributed by atoms with Crippen LogP contribution in [0.5, 0.6) is 0 Å². The van der Waals surface area contributed by atoms with Gasteiger partial charge in [0.2, 0.25) is 5.78 Å². The number of ketones is 1. The summed E-state index contributed by atoms with van der Waals surface area (Å²) in [5.74, 6) is 0.520. The van der Waals surface area contributed by atoms with Crippen molar-refractivity contribution in [3.8, 4) is 11.3 Å². The van der Waals surface area contributed by atoms with Crippen molar-refractivity contribution in [2.75, 3.05) is 31.1 Å². The van der Waals surface area contributed by atoms with E-state index in [9.17, 15) is 9.59 Å². The highest BCUT2D eigenvalue weighted by Gasteiger charge is 2.26. The van der Waals surface area contributed by atoms with Crippen molar-refractivity contribution in [1.82, 2.24) is 9.88 Å². The molecule has 6 nitrogen and oxygen atoms in total. The van der Waals surface area contributed by atoms with Gasteiger partial charge in [-0.1, -0.05) is 30.3 Å². The van der Waals surface area contributed by atoms with Gasteiger partial charge in [0.1, 0.15) is 0 Å². The Labute approximate surface area is 163 Å². The van der Waals surface area contributed by atoms with E-state index in [2.05, 4.69) is 9.88 Å². The van der Waals surface area contributed by atoms with Crippen LogP contribution >= 0.6 is 0 Å². The molecular weight excluding hydrogens is 354 g/mol. The minimum atomic E-state index is -0.444. The minimum absolute atomic E-state index is 0.429. The predicted octanol–water partition coefficient (Wildman–Crippen LogP) is 3.18. The van der Waals surface area contributed by atoms with Crippen molar-refractivity contribution >= 4 is 17.4 Å². The maximum absolute atomic E-state index is 12.5. The number of carbonyl (C=O) groups excluding carboxylic acids is 2. The molecule has 1 amide bonds. The number of nitrogens with zero attached hydrogens (tertiary/aromatic N) is 3. The number of benzene rings is 2. The molecule has 3 aromatic rings. The van der Waals surface area contributed by atoms with Crippen LogP contribution in [0.15, 0.2) is 65.2 Å². The first-order chi connectivity index (χ1) is 13.6. The summed E-state index contributed by atoms with van der Waals surface area (Å²) in [4.78, 5) is 32.8. The quantitative estimate of drug-likeness (QED) is 0.518. The highest BCUT2D eigenvalue weighted by Crippen LogP contribution is 2.24. The molecular formula is C22H21N3O3. The molecule has 0 radical (unpaired) electrons. The molecule has 28 heavy (non-hydrogen) atoms. The van der Waals surface area contributed by atoms with Crippen molar-refractivity contribution in [3.63, 3.8) is 0 Å². The summed E-state index contributed by atoms with van der Waals surface area (Å²) in [7, 11) is 0. The Hall–Kier alpha value is -3.41. The number of amides is 1. The van der Waals surface area contributed by atoms with Gasteiger partial charge in [-0.2, -0.15) is 0 Å². The maximum atomic E-state index is 12.5. The molecule has 4 rings (SSSR count). The third kappa shape index (κ3) is 3.67. The Morgan fingerprint density at radius 3 is 2.21 bits per heavy atom. The molecule has 1 aromatic heterocycles. The topological polar surface area (TPSA) is 66.7 Å². The molecule has 1 fully saturated rings. The van der Waals surface area contributed by atoms with Gasteiger partial charge in [0.05, 0.1) is 6.20 Å². The molecule has 0 aliphatic carbocycles. The van der Waals surface area contributed by atoms with Gasteiger partial charge in [-0.3, -0.25) is 9.59 Å². The molecule has 0 unspecified atom stereocenters. The lowest BCUT2D eigenvalue weighted by Crippen LogP contribution is -2.50. The molecule has 2 aromatic carbocycles. The largest absolute Gasteiger partial charge is 0.441 e. The Morgan fingerprint density at radius 2 is 1.61 bits per heavy atom. The van der Waals surface area contributed by atoms with Gasteiger partial charge in [-0.05, 0) is 24.3 Å². The van der Waals surface area contributed by atoms with Gasteiger partial charge in [-0.15, -0.1) is 0 Å². The first-order valence-corrected chi connectivity index (χ1v) is 9.28. The van der Waals surface area contributed by atoms with Gasteiger partial charge < -0.3 is 14.2 Å². The SMILES string of the molecule is Cc1ncc(-c2ccc(N3CCN(C(=O)C(=O)c4ccccc4)CC3)cc2)o1. The Bertz CT molecular complexity index is 972. The van der Waals surface area contributed by atoms with E-state index in [-0.39, 0.29) is 0 Å². The van der Waals surface area contributed by atoms with Crippen molar-refractivity contribution in [2.45, 2.75) is 6.92 Å². The third-order valence-electron chi connectivity index (χ3n) is 4.94. The highest BCUT2D eigenvalue weighted by atomic mass is 16.4. The maximum Gasteiger partial charge on any atom is 0.295 e. The molecule has 1 saturated heterocycles. The van der Waals surface area contributed by atoms with Crippen LogP contribution in [0.25, 0.3) is 11.3 Å². The van der Waals surface area contributed by atoms with Crippen LogP contribution in [0.3, 0.4) is 0 Å². The summed E-state index contributed by atoms with van der Waals surface area (Å²) in [6.45, 7) is 4.26. The fraction of sp³-hybridized carbons (Fsp3) is 0.227. The Morgan fingerprint density at radius 1 is 0.929 bits per heavy atom. The normalized spacial score (nSPS) is 14.2. The van der Waals surface area contributed by atoms with Crippen molar-refractivity contribution in [3.05, 3.63) is 72.2 Å². The van der Waals surface area contributed by atoms with Crippen LogP contribution in [0.4, 0.5) is 5.69 Å². The summed E-state index contributed by atoms with van der Waals surface area (Å²) in [6, 6.07) is 16.8. The summed E-state index contributed by atoms with van der Waals surface area (Å²) in [5.41, 5.74) is 2.50. The lowest BCUT2D eigenvalue weighted by Gasteiger charge is -2.35. The van der Waals surface area contributed by atoms with Gasteiger partial charge in [-0.25, -0.2) is 4.98 Å². The molecule has 1 aliphatic rings. The zero-order valence-corrected chi connectivity index (χ0v) is 15.7. The van der Waals surface area contributed by atoms with Crippen LogP contribution in [-0.4, -0.2) is 47.8 Å². The van der Waals surface area contributed by atoms with Crippen LogP contribution in [-0.2, 0) is 4.79 Å². The lowest BCUT2D eigenvalue weighted by atomic mass is 10.1. The predicted molar refractivity (Wildman–Crippen MR) is 106 cm³/mol. The fourth-order valence-corrected chi connectivity index (χ4v) is 3.36. The van der Waals surface area contributed by atoms with Gasteiger partial charge in [0.15, 0.2) is 11.7 Å². The van der Waals surface area contributed by atoms with E-state index >= 15 is 0 Å². The molecule has 2 heterocycles. The van der Waals surface area contributed by atoms with Crippen LogP contribution in [0.2, 0.25) is 0 Å². The zero-order valence-electron chi connectivity index (χ0n) is 15.7. The first-order valence-electron chi connectivity index (χ1n) is 9.28. The standard InChI is InChI=1S/C22H21N3O3/c1-16-23-15-20(28-16)17-7-9-19(10-8-17)24-11-13-25(14-12-24)22(27)21(26)18-5-3-2-4-6-18/h2-10,15H,11-14H2,1H3. The summed E-state index contributed by atoms with van der Waals surface area (Å²) < 4.78 is 5.55. The van der Waals surface area contributed by atoms with Crippen LogP contribution < -0.4 is 4.90 Å².